The van der Waals surface area contributed by atoms with Crippen molar-refractivity contribution in [1.82, 2.24) is 0 Å². The van der Waals surface area contributed by atoms with Crippen molar-refractivity contribution >= 4 is 29.4 Å². The van der Waals surface area contributed by atoms with E-state index in [1.165, 1.54) is 11.1 Å². The van der Waals surface area contributed by atoms with E-state index >= 15 is 0 Å². The van der Waals surface area contributed by atoms with Gasteiger partial charge in [-0.25, -0.2) is 4.57 Å². The summed E-state index contributed by atoms with van der Waals surface area (Å²) < 4.78 is 26.9. The number of fused-ring (bicyclic) bond motifs is 2. The number of phosphoric ester groups is 1. The Balaban J connectivity index is 1.37. The van der Waals surface area contributed by atoms with E-state index in [1.54, 1.807) is 0 Å². The molecule has 9 rings (SSSR count). The quantitative estimate of drug-likeness (QED) is 0.195. The molecule has 3 aliphatic rings. The lowest BCUT2D eigenvalue weighted by Gasteiger charge is -2.35. The highest BCUT2D eigenvalue weighted by Gasteiger charge is 2.61. The maximum Gasteiger partial charge on any atom is 0.584 e. The van der Waals surface area contributed by atoms with Gasteiger partial charge in [0, 0.05) is 27.7 Å². The van der Waals surface area contributed by atoms with E-state index in [4.69, 9.17) is 9.05 Å². The van der Waals surface area contributed by atoms with Crippen LogP contribution in [0.1, 0.15) is 62.8 Å². The zero-order valence-corrected chi connectivity index (χ0v) is 27.3. The lowest BCUT2D eigenvalue weighted by Crippen LogP contribution is -2.29. The Hall–Kier alpha value is -4.37. The Labute approximate surface area is 269 Å². The third kappa shape index (κ3) is 3.87. The van der Waals surface area contributed by atoms with Crippen molar-refractivity contribution in [2.24, 2.45) is 0 Å². The fourth-order valence-corrected chi connectivity index (χ4v) is 9.97. The number of hydrogen-bond donors (Lipinski definition) is 1. The van der Waals surface area contributed by atoms with E-state index in [-0.39, 0.29) is 10.8 Å². The van der Waals surface area contributed by atoms with Crippen LogP contribution >= 0.6 is 7.82 Å². The molecular formula is C41H35O4P. The van der Waals surface area contributed by atoms with Gasteiger partial charge in [0.15, 0.2) is 0 Å². The van der Waals surface area contributed by atoms with Gasteiger partial charge < -0.3 is 9.05 Å². The van der Waals surface area contributed by atoms with E-state index < -0.39 is 13.2 Å². The molecular weight excluding hydrogens is 587 g/mol. The van der Waals surface area contributed by atoms with Crippen molar-refractivity contribution in [2.45, 2.75) is 56.8 Å². The van der Waals surface area contributed by atoms with Crippen LogP contribution in [0.4, 0.5) is 0 Å². The van der Waals surface area contributed by atoms with Gasteiger partial charge >= 0.3 is 7.82 Å². The first kappa shape index (κ1) is 27.9. The highest BCUT2D eigenvalue weighted by molar-refractivity contribution is 7.48. The molecule has 1 aliphatic heterocycles. The van der Waals surface area contributed by atoms with E-state index in [1.807, 2.05) is 24.3 Å². The molecule has 1 heterocycles. The standard InChI is InChI=1S/C41H35O4P/c1-39(2)23-41-24-40(3,4)34-20-18-32(30-16-14-26-10-6-8-12-28(26)22-30)38(36(34)41)45-46(42,43)44-37-31(17-19-33(39)35(37)41)29-15-13-25-9-5-7-11-27(25)21-29/h5-22H,23-24H2,1-4H3,(H,42,43). The minimum atomic E-state index is -4.64. The lowest BCUT2D eigenvalue weighted by molar-refractivity contribution is 0.276. The zero-order valence-electron chi connectivity index (χ0n) is 26.4. The molecule has 0 amide bonds. The van der Waals surface area contributed by atoms with Gasteiger partial charge in [-0.05, 0) is 79.6 Å². The van der Waals surface area contributed by atoms with E-state index in [0.29, 0.717) is 11.5 Å². The van der Waals surface area contributed by atoms with Crippen LogP contribution in [0.15, 0.2) is 109 Å². The van der Waals surface area contributed by atoms with Crippen molar-refractivity contribution in [1.29, 1.82) is 0 Å². The molecule has 0 fully saturated rings. The van der Waals surface area contributed by atoms with Gasteiger partial charge in [-0.3, -0.25) is 4.89 Å². The molecule has 2 aliphatic carbocycles. The van der Waals surface area contributed by atoms with Crippen LogP contribution in [0, 0.1) is 0 Å². The summed E-state index contributed by atoms with van der Waals surface area (Å²) in [5, 5.41) is 4.49. The van der Waals surface area contributed by atoms with Crippen molar-refractivity contribution in [3.8, 4) is 33.8 Å². The molecule has 0 radical (unpaired) electrons. The van der Waals surface area contributed by atoms with Gasteiger partial charge in [-0.1, -0.05) is 125 Å². The predicted molar refractivity (Wildman–Crippen MR) is 186 cm³/mol. The average Bonchev–Trinajstić information content (AvgIpc) is 3.39. The molecule has 1 spiro atoms. The Kier molecular flexibility index (Phi) is 5.53. The highest BCUT2D eigenvalue weighted by atomic mass is 31.2. The van der Waals surface area contributed by atoms with Gasteiger partial charge in [-0.15, -0.1) is 0 Å². The number of phosphoric acid groups is 1. The normalized spacial score (nSPS) is 19.1. The van der Waals surface area contributed by atoms with Crippen LogP contribution in [-0.2, 0) is 20.8 Å². The van der Waals surface area contributed by atoms with Crippen LogP contribution in [0.2, 0.25) is 0 Å². The third-order valence-electron chi connectivity index (χ3n) is 10.8. The molecule has 5 heteroatoms. The number of benzene rings is 6. The van der Waals surface area contributed by atoms with Gasteiger partial charge in [0.25, 0.3) is 0 Å². The first-order valence-electron chi connectivity index (χ1n) is 16.0. The van der Waals surface area contributed by atoms with E-state index in [0.717, 1.165) is 67.8 Å². The molecule has 0 unspecified atom stereocenters. The van der Waals surface area contributed by atoms with Crippen LogP contribution < -0.4 is 9.05 Å². The van der Waals surface area contributed by atoms with Crippen molar-refractivity contribution in [3.05, 3.63) is 131 Å². The third-order valence-corrected chi connectivity index (χ3v) is 11.6. The Bertz CT molecular complexity index is 2170. The summed E-state index contributed by atoms with van der Waals surface area (Å²) in [6, 6.07) is 37.7. The van der Waals surface area contributed by atoms with Crippen molar-refractivity contribution < 1.29 is 18.5 Å². The minimum absolute atomic E-state index is 0.201. The van der Waals surface area contributed by atoms with E-state index in [2.05, 4.69) is 113 Å². The summed E-state index contributed by atoms with van der Waals surface area (Å²) >= 11 is 0. The molecule has 6 aromatic rings. The first-order valence-corrected chi connectivity index (χ1v) is 17.5. The summed E-state index contributed by atoms with van der Waals surface area (Å²) in [7, 11) is -4.64. The molecule has 4 nitrogen and oxygen atoms in total. The number of hydrogen-bond acceptors (Lipinski definition) is 3. The van der Waals surface area contributed by atoms with Crippen LogP contribution in [0.5, 0.6) is 11.5 Å². The summed E-state index contributed by atoms with van der Waals surface area (Å²) in [4.78, 5) is 11.6. The average molecular weight is 623 g/mol. The monoisotopic (exact) mass is 622 g/mol. The van der Waals surface area contributed by atoms with Crippen LogP contribution in [0.3, 0.4) is 0 Å². The maximum atomic E-state index is 14.2. The molecule has 228 valence electrons. The maximum absolute atomic E-state index is 14.2. The lowest BCUT2D eigenvalue weighted by atomic mass is 9.71. The van der Waals surface area contributed by atoms with Crippen molar-refractivity contribution in [2.75, 3.05) is 0 Å². The SMILES string of the molecule is CC1(C)CC23CC(C)(C)c4ccc(-c5ccc6ccccc6c5)c(c42)OP(=O)(O)Oc2c(-c4ccc5ccccc5c4)ccc1c23. The molecule has 0 saturated heterocycles. The van der Waals surface area contributed by atoms with Gasteiger partial charge in [0.1, 0.15) is 11.5 Å². The number of rotatable bonds is 2. The van der Waals surface area contributed by atoms with Gasteiger partial charge in [0.2, 0.25) is 0 Å². The Morgan fingerprint density at radius 1 is 0.565 bits per heavy atom. The second kappa shape index (κ2) is 9.12. The summed E-state index contributed by atoms with van der Waals surface area (Å²) in [5.41, 5.74) is 7.02. The molecule has 46 heavy (non-hydrogen) atoms. The topological polar surface area (TPSA) is 55.8 Å². The molecule has 0 atom stereocenters. The van der Waals surface area contributed by atoms with Crippen LogP contribution in [0.25, 0.3) is 43.8 Å². The fraction of sp³-hybridized carbons (Fsp3) is 0.220. The van der Waals surface area contributed by atoms with Gasteiger partial charge in [0.05, 0.1) is 0 Å². The Morgan fingerprint density at radius 2 is 0.978 bits per heavy atom. The minimum Gasteiger partial charge on any atom is -0.394 e. The zero-order chi connectivity index (χ0) is 31.6. The molecule has 0 saturated carbocycles. The smallest absolute Gasteiger partial charge is 0.394 e. The van der Waals surface area contributed by atoms with Gasteiger partial charge in [-0.2, -0.15) is 0 Å². The fourth-order valence-electron chi connectivity index (χ4n) is 9.09. The van der Waals surface area contributed by atoms with Crippen molar-refractivity contribution in [3.63, 3.8) is 0 Å². The Morgan fingerprint density at radius 3 is 1.41 bits per heavy atom. The second-order valence-electron chi connectivity index (χ2n) is 14.7. The summed E-state index contributed by atoms with van der Waals surface area (Å²) in [6.45, 7) is 9.15. The molecule has 1 N–H and O–H groups in total. The highest BCUT2D eigenvalue weighted by Crippen LogP contribution is 2.71. The molecule has 6 aromatic carbocycles. The first-order chi connectivity index (χ1) is 22.0. The summed E-state index contributed by atoms with van der Waals surface area (Å²) in [5.74, 6) is 0.934. The predicted octanol–water partition coefficient (Wildman–Crippen LogP) is 10.8. The summed E-state index contributed by atoms with van der Waals surface area (Å²) in [6.07, 6.45) is 1.69. The second-order valence-corrected chi connectivity index (χ2v) is 16.0. The molecule has 0 aromatic heterocycles. The van der Waals surface area contributed by atoms with E-state index in [9.17, 15) is 9.46 Å². The molecule has 0 bridgehead atoms. The largest absolute Gasteiger partial charge is 0.584 e. The van der Waals surface area contributed by atoms with Crippen LogP contribution in [-0.4, -0.2) is 4.89 Å².